The molecule has 2 aromatic heterocycles. The highest BCUT2D eigenvalue weighted by Gasteiger charge is 2.29. The van der Waals surface area contributed by atoms with Crippen LogP contribution in [-0.2, 0) is 4.79 Å². The summed E-state index contributed by atoms with van der Waals surface area (Å²) in [6.45, 7) is 5.18. The number of hydrogen-bond acceptors (Lipinski definition) is 5. The van der Waals surface area contributed by atoms with Gasteiger partial charge in [0.2, 0.25) is 0 Å². The van der Waals surface area contributed by atoms with E-state index < -0.39 is 10.7 Å². The Morgan fingerprint density at radius 1 is 1.41 bits per heavy atom. The Kier molecular flexibility index (Phi) is 4.48. The van der Waals surface area contributed by atoms with E-state index in [-0.39, 0.29) is 0 Å². The number of carboxylic acid groups (broad SMARTS) is 1. The third-order valence-electron chi connectivity index (χ3n) is 3.12. The Morgan fingerprint density at radius 3 is 2.73 bits per heavy atom. The van der Waals surface area contributed by atoms with Crippen LogP contribution >= 0.6 is 11.8 Å². The van der Waals surface area contributed by atoms with Crippen molar-refractivity contribution in [3.8, 4) is 17.3 Å². The lowest BCUT2D eigenvalue weighted by molar-refractivity contribution is -0.138. The monoisotopic (exact) mass is 313 g/mol. The first kappa shape index (κ1) is 16.0. The van der Waals surface area contributed by atoms with Crippen molar-refractivity contribution >= 4 is 17.7 Å². The maximum Gasteiger partial charge on any atom is 0.319 e. The molecule has 0 spiro atoms. The summed E-state index contributed by atoms with van der Waals surface area (Å²) >= 11 is 1.25. The van der Waals surface area contributed by atoms with Gasteiger partial charge in [0.05, 0.1) is 11.3 Å². The maximum absolute atomic E-state index is 11.3. The van der Waals surface area contributed by atoms with Crippen LogP contribution in [0.3, 0.4) is 0 Å². The molecule has 0 radical (unpaired) electrons. The SMILES string of the molecule is Cc1cc(C#N)cnc1-c1cnccc1SC(C)(C)C(=O)O. The molecule has 0 fully saturated rings. The summed E-state index contributed by atoms with van der Waals surface area (Å²) in [5.41, 5.74) is 2.81. The van der Waals surface area contributed by atoms with Gasteiger partial charge in [-0.3, -0.25) is 14.8 Å². The molecule has 0 aliphatic heterocycles. The fourth-order valence-corrected chi connectivity index (χ4v) is 2.91. The Bertz CT molecular complexity index is 766. The molecule has 0 bridgehead atoms. The summed E-state index contributed by atoms with van der Waals surface area (Å²) in [7, 11) is 0. The van der Waals surface area contributed by atoms with Crippen LogP contribution < -0.4 is 0 Å². The quantitative estimate of drug-likeness (QED) is 0.872. The van der Waals surface area contributed by atoms with Gasteiger partial charge >= 0.3 is 5.97 Å². The number of thioether (sulfide) groups is 1. The molecule has 0 amide bonds. The number of carboxylic acids is 1. The van der Waals surface area contributed by atoms with Crippen molar-refractivity contribution in [2.45, 2.75) is 30.4 Å². The van der Waals surface area contributed by atoms with E-state index in [0.717, 1.165) is 16.0 Å². The van der Waals surface area contributed by atoms with Crippen LogP contribution in [0.25, 0.3) is 11.3 Å². The van der Waals surface area contributed by atoms with E-state index >= 15 is 0 Å². The standard InChI is InChI=1S/C16H15N3O2S/c1-10-6-11(7-17)8-19-14(10)12-9-18-5-4-13(12)22-16(2,3)15(20)21/h4-6,8-9H,1-3H3,(H,20,21). The molecule has 0 aliphatic carbocycles. The molecule has 112 valence electrons. The molecule has 0 aromatic carbocycles. The van der Waals surface area contributed by atoms with Gasteiger partial charge in [-0.15, -0.1) is 11.8 Å². The Hall–Kier alpha value is -2.39. The molecule has 1 N–H and O–H groups in total. The number of aliphatic carboxylic acids is 1. The molecule has 5 nitrogen and oxygen atoms in total. The average Bonchev–Trinajstić information content (AvgIpc) is 2.47. The number of carbonyl (C=O) groups is 1. The molecule has 0 saturated carbocycles. The fourth-order valence-electron chi connectivity index (χ4n) is 1.88. The van der Waals surface area contributed by atoms with Crippen molar-refractivity contribution in [2.24, 2.45) is 0 Å². The third-order valence-corrected chi connectivity index (χ3v) is 4.38. The van der Waals surface area contributed by atoms with Crippen molar-refractivity contribution in [2.75, 3.05) is 0 Å². The summed E-state index contributed by atoms with van der Waals surface area (Å²) in [6, 6.07) is 5.59. The second-order valence-corrected chi connectivity index (χ2v) is 6.96. The van der Waals surface area contributed by atoms with E-state index in [2.05, 4.69) is 16.0 Å². The first-order valence-electron chi connectivity index (χ1n) is 6.58. The third kappa shape index (κ3) is 3.26. The normalized spacial score (nSPS) is 11.0. The van der Waals surface area contributed by atoms with Gasteiger partial charge in [-0.1, -0.05) is 0 Å². The molecule has 0 unspecified atom stereocenters. The van der Waals surface area contributed by atoms with Gasteiger partial charge in [0.25, 0.3) is 0 Å². The average molecular weight is 313 g/mol. The molecule has 2 rings (SSSR count). The highest BCUT2D eigenvalue weighted by molar-refractivity contribution is 8.01. The summed E-state index contributed by atoms with van der Waals surface area (Å²) in [5.74, 6) is -0.884. The summed E-state index contributed by atoms with van der Waals surface area (Å²) in [6.07, 6.45) is 4.80. The minimum absolute atomic E-state index is 0.491. The summed E-state index contributed by atoms with van der Waals surface area (Å²) < 4.78 is -0.962. The molecule has 0 atom stereocenters. The van der Waals surface area contributed by atoms with E-state index in [1.165, 1.54) is 18.0 Å². The molecular weight excluding hydrogens is 298 g/mol. The highest BCUT2D eigenvalue weighted by Crippen LogP contribution is 2.38. The maximum atomic E-state index is 11.3. The first-order valence-corrected chi connectivity index (χ1v) is 7.40. The van der Waals surface area contributed by atoms with Crippen LogP contribution in [0.2, 0.25) is 0 Å². The van der Waals surface area contributed by atoms with Crippen LogP contribution in [-0.4, -0.2) is 25.8 Å². The number of hydrogen-bond donors (Lipinski definition) is 1. The molecule has 0 aliphatic rings. The second-order valence-electron chi connectivity index (χ2n) is 5.29. The molecule has 22 heavy (non-hydrogen) atoms. The number of aromatic nitrogens is 2. The molecule has 2 aromatic rings. The lowest BCUT2D eigenvalue weighted by Gasteiger charge is -2.20. The zero-order chi connectivity index (χ0) is 16.3. The predicted molar refractivity (Wildman–Crippen MR) is 84.5 cm³/mol. The molecule has 0 saturated heterocycles. The van der Waals surface area contributed by atoms with Crippen molar-refractivity contribution in [1.29, 1.82) is 5.26 Å². The Morgan fingerprint density at radius 2 is 2.14 bits per heavy atom. The minimum Gasteiger partial charge on any atom is -0.480 e. The predicted octanol–water partition coefficient (Wildman–Crippen LogP) is 3.28. The first-order chi connectivity index (χ1) is 10.3. The molecule has 2 heterocycles. The van der Waals surface area contributed by atoms with Gasteiger partial charge < -0.3 is 5.11 Å². The van der Waals surface area contributed by atoms with Gasteiger partial charge in [0.15, 0.2) is 0 Å². The molecular formula is C16H15N3O2S. The zero-order valence-electron chi connectivity index (χ0n) is 12.5. The van der Waals surface area contributed by atoms with Crippen LogP contribution in [0.5, 0.6) is 0 Å². The summed E-state index contributed by atoms with van der Waals surface area (Å²) in [5, 5.41) is 18.2. The van der Waals surface area contributed by atoms with Gasteiger partial charge in [0, 0.05) is 29.0 Å². The number of pyridine rings is 2. The number of nitriles is 1. The lowest BCUT2D eigenvalue weighted by Crippen LogP contribution is -2.27. The van der Waals surface area contributed by atoms with Crippen LogP contribution in [0.4, 0.5) is 0 Å². The fraction of sp³-hybridized carbons (Fsp3) is 0.250. The van der Waals surface area contributed by atoms with E-state index in [1.54, 1.807) is 38.4 Å². The topological polar surface area (TPSA) is 86.9 Å². The molecule has 6 heteroatoms. The zero-order valence-corrected chi connectivity index (χ0v) is 13.3. The lowest BCUT2D eigenvalue weighted by atomic mass is 10.1. The minimum atomic E-state index is -0.962. The van der Waals surface area contributed by atoms with Crippen molar-refractivity contribution in [3.63, 3.8) is 0 Å². The second kappa shape index (κ2) is 6.16. The largest absolute Gasteiger partial charge is 0.480 e. The van der Waals surface area contributed by atoms with E-state index in [1.807, 2.05) is 6.92 Å². The Labute approximate surface area is 133 Å². The van der Waals surface area contributed by atoms with E-state index in [4.69, 9.17) is 5.26 Å². The highest BCUT2D eigenvalue weighted by atomic mass is 32.2. The van der Waals surface area contributed by atoms with Gasteiger partial charge in [0.1, 0.15) is 10.8 Å². The van der Waals surface area contributed by atoms with Crippen molar-refractivity contribution < 1.29 is 9.90 Å². The Balaban J connectivity index is 2.50. The van der Waals surface area contributed by atoms with Gasteiger partial charge in [-0.2, -0.15) is 5.26 Å². The summed E-state index contributed by atoms with van der Waals surface area (Å²) in [4.78, 5) is 20.6. The van der Waals surface area contributed by atoms with Crippen molar-refractivity contribution in [1.82, 2.24) is 9.97 Å². The van der Waals surface area contributed by atoms with Crippen LogP contribution in [0, 0.1) is 18.3 Å². The van der Waals surface area contributed by atoms with Crippen LogP contribution in [0.15, 0.2) is 35.6 Å². The van der Waals surface area contributed by atoms with Gasteiger partial charge in [-0.25, -0.2) is 0 Å². The van der Waals surface area contributed by atoms with E-state index in [9.17, 15) is 9.90 Å². The number of aryl methyl sites for hydroxylation is 1. The van der Waals surface area contributed by atoms with E-state index in [0.29, 0.717) is 11.3 Å². The van der Waals surface area contributed by atoms with Crippen LogP contribution in [0.1, 0.15) is 25.0 Å². The number of nitrogens with zero attached hydrogens (tertiary/aromatic N) is 3. The smallest absolute Gasteiger partial charge is 0.319 e. The number of rotatable bonds is 4. The van der Waals surface area contributed by atoms with Crippen molar-refractivity contribution in [3.05, 3.63) is 41.9 Å². The van der Waals surface area contributed by atoms with Gasteiger partial charge in [-0.05, 0) is 38.5 Å².